The number of nitrogens with one attached hydrogen (secondary N) is 1. The van der Waals surface area contributed by atoms with Gasteiger partial charge in [0.05, 0.1) is 10.8 Å². The first-order chi connectivity index (χ1) is 14.8. The Labute approximate surface area is 187 Å². The maximum atomic E-state index is 13.2. The number of nitrogens with zero attached hydrogens (tertiary/aromatic N) is 2. The van der Waals surface area contributed by atoms with E-state index >= 15 is 0 Å². The molecule has 1 saturated heterocycles. The molecule has 4 rings (SSSR count). The SMILES string of the molecule is CC(CNC(=O)C1CCCN(S(=O)(=O)c2ccc(F)cc2)C1)N1CCc2sccc2C1. The van der Waals surface area contributed by atoms with E-state index in [2.05, 4.69) is 28.6 Å². The fraction of sp³-hybridized carbons (Fsp3) is 0.500. The molecule has 1 aromatic heterocycles. The number of carbonyl (C=O) groups is 1. The van der Waals surface area contributed by atoms with Crippen LogP contribution in [-0.2, 0) is 27.8 Å². The molecule has 0 saturated carbocycles. The molecule has 2 aliphatic heterocycles. The number of thiophene rings is 1. The first kappa shape index (κ1) is 22.4. The molecule has 1 N–H and O–H groups in total. The van der Waals surface area contributed by atoms with Crippen molar-refractivity contribution in [3.63, 3.8) is 0 Å². The average Bonchev–Trinajstić information content (AvgIpc) is 3.25. The highest BCUT2D eigenvalue weighted by atomic mass is 32.2. The Kier molecular flexibility index (Phi) is 6.76. The van der Waals surface area contributed by atoms with Gasteiger partial charge in [-0.25, -0.2) is 12.8 Å². The summed E-state index contributed by atoms with van der Waals surface area (Å²) in [5.74, 6) is -0.951. The van der Waals surface area contributed by atoms with Crippen LogP contribution in [0.1, 0.15) is 30.2 Å². The zero-order chi connectivity index (χ0) is 22.0. The Hall–Kier alpha value is -1.81. The van der Waals surface area contributed by atoms with Crippen LogP contribution in [0.4, 0.5) is 4.39 Å². The van der Waals surface area contributed by atoms with E-state index < -0.39 is 15.8 Å². The molecule has 31 heavy (non-hydrogen) atoms. The number of amides is 1. The molecule has 2 aromatic rings. The predicted octanol–water partition coefficient (Wildman–Crippen LogP) is 2.85. The van der Waals surface area contributed by atoms with Crippen molar-refractivity contribution < 1.29 is 17.6 Å². The second-order valence-corrected chi connectivity index (χ2v) is 11.3. The zero-order valence-electron chi connectivity index (χ0n) is 17.6. The summed E-state index contributed by atoms with van der Waals surface area (Å²) in [5.41, 5.74) is 1.38. The van der Waals surface area contributed by atoms with Gasteiger partial charge in [-0.1, -0.05) is 0 Å². The first-order valence-electron chi connectivity index (χ1n) is 10.7. The van der Waals surface area contributed by atoms with Crippen molar-refractivity contribution in [2.45, 2.75) is 43.7 Å². The van der Waals surface area contributed by atoms with Gasteiger partial charge in [0.15, 0.2) is 0 Å². The third kappa shape index (κ3) is 5.00. The van der Waals surface area contributed by atoms with Gasteiger partial charge in [0.25, 0.3) is 0 Å². The van der Waals surface area contributed by atoms with Crippen LogP contribution >= 0.6 is 11.3 Å². The van der Waals surface area contributed by atoms with Gasteiger partial charge in [-0.15, -0.1) is 11.3 Å². The molecule has 168 valence electrons. The number of rotatable bonds is 6. The number of piperidine rings is 1. The summed E-state index contributed by atoms with van der Waals surface area (Å²) >= 11 is 1.81. The maximum absolute atomic E-state index is 13.2. The molecule has 1 fully saturated rings. The summed E-state index contributed by atoms with van der Waals surface area (Å²) in [6.07, 6.45) is 2.34. The summed E-state index contributed by atoms with van der Waals surface area (Å²) < 4.78 is 40.3. The standard InChI is InChI=1S/C22H28FN3O3S2/c1-16(25-11-8-21-17(14-25)9-12-30-21)13-24-22(27)18-3-2-10-26(15-18)31(28,29)20-6-4-19(23)5-7-20/h4-7,9,12,16,18H,2-3,8,10-11,13-15H2,1H3,(H,24,27). The summed E-state index contributed by atoms with van der Waals surface area (Å²) in [5, 5.41) is 5.17. The topological polar surface area (TPSA) is 69.7 Å². The molecule has 0 bridgehead atoms. The van der Waals surface area contributed by atoms with Crippen LogP contribution in [0, 0.1) is 11.7 Å². The van der Waals surface area contributed by atoms with E-state index in [4.69, 9.17) is 0 Å². The number of fused-ring (bicyclic) bond motifs is 1. The van der Waals surface area contributed by atoms with E-state index in [0.717, 1.165) is 31.6 Å². The minimum atomic E-state index is -3.74. The van der Waals surface area contributed by atoms with Gasteiger partial charge < -0.3 is 5.32 Å². The highest BCUT2D eigenvalue weighted by Crippen LogP contribution is 2.26. The number of hydrogen-bond acceptors (Lipinski definition) is 5. The average molecular weight is 466 g/mol. The molecule has 0 radical (unpaired) electrons. The van der Waals surface area contributed by atoms with Crippen molar-refractivity contribution in [2.24, 2.45) is 5.92 Å². The molecular formula is C22H28FN3O3S2. The molecular weight excluding hydrogens is 437 g/mol. The van der Waals surface area contributed by atoms with Crippen LogP contribution in [0.5, 0.6) is 0 Å². The van der Waals surface area contributed by atoms with Gasteiger partial charge in [0, 0.05) is 43.6 Å². The van der Waals surface area contributed by atoms with E-state index in [0.29, 0.717) is 25.9 Å². The van der Waals surface area contributed by atoms with Gasteiger partial charge >= 0.3 is 0 Å². The second kappa shape index (κ2) is 9.36. The summed E-state index contributed by atoms with van der Waals surface area (Å²) in [4.78, 5) is 16.7. The number of sulfonamides is 1. The quantitative estimate of drug-likeness (QED) is 0.712. The number of halogens is 1. The lowest BCUT2D eigenvalue weighted by atomic mass is 9.98. The van der Waals surface area contributed by atoms with E-state index in [1.807, 2.05) is 11.3 Å². The molecule has 3 heterocycles. The predicted molar refractivity (Wildman–Crippen MR) is 119 cm³/mol. The van der Waals surface area contributed by atoms with E-state index in [9.17, 15) is 17.6 Å². The fourth-order valence-electron chi connectivity index (χ4n) is 4.30. The molecule has 6 nitrogen and oxygen atoms in total. The van der Waals surface area contributed by atoms with Gasteiger partial charge in [0.1, 0.15) is 5.82 Å². The van der Waals surface area contributed by atoms with Crippen molar-refractivity contribution in [2.75, 3.05) is 26.2 Å². The van der Waals surface area contributed by atoms with Gasteiger partial charge in [-0.3, -0.25) is 9.69 Å². The second-order valence-electron chi connectivity index (χ2n) is 8.34. The molecule has 1 amide bonds. The Bertz CT molecular complexity index is 1020. The van der Waals surface area contributed by atoms with Crippen molar-refractivity contribution in [1.29, 1.82) is 0 Å². The fourth-order valence-corrected chi connectivity index (χ4v) is 6.71. The Morgan fingerprint density at radius 3 is 2.81 bits per heavy atom. The molecule has 9 heteroatoms. The van der Waals surface area contributed by atoms with Crippen LogP contribution in [-0.4, -0.2) is 55.8 Å². The summed E-state index contributed by atoms with van der Waals surface area (Å²) in [7, 11) is -3.74. The van der Waals surface area contributed by atoms with Crippen LogP contribution in [0.25, 0.3) is 0 Å². The molecule has 0 spiro atoms. The molecule has 2 atom stereocenters. The first-order valence-corrected chi connectivity index (χ1v) is 13.0. The van der Waals surface area contributed by atoms with Crippen molar-refractivity contribution in [3.05, 3.63) is 52.0 Å². The van der Waals surface area contributed by atoms with Gasteiger partial charge in [-0.2, -0.15) is 4.31 Å². The molecule has 2 aliphatic rings. The molecule has 1 aromatic carbocycles. The lowest BCUT2D eigenvalue weighted by Crippen LogP contribution is -2.48. The van der Waals surface area contributed by atoms with Crippen LogP contribution in [0.15, 0.2) is 40.6 Å². The highest BCUT2D eigenvalue weighted by molar-refractivity contribution is 7.89. The normalized spacial score (nSPS) is 21.4. The summed E-state index contributed by atoms with van der Waals surface area (Å²) in [6, 6.07) is 7.21. The smallest absolute Gasteiger partial charge is 0.243 e. The third-order valence-electron chi connectivity index (χ3n) is 6.24. The van der Waals surface area contributed by atoms with Crippen LogP contribution in [0.2, 0.25) is 0 Å². The molecule has 2 unspecified atom stereocenters. The summed E-state index contributed by atoms with van der Waals surface area (Å²) in [6.45, 7) is 5.07. The van der Waals surface area contributed by atoms with E-state index in [1.165, 1.54) is 26.9 Å². The number of benzene rings is 1. The van der Waals surface area contributed by atoms with E-state index in [-0.39, 0.29) is 29.3 Å². The zero-order valence-corrected chi connectivity index (χ0v) is 19.2. The number of hydrogen-bond donors (Lipinski definition) is 1. The Morgan fingerprint density at radius 1 is 1.26 bits per heavy atom. The third-order valence-corrected chi connectivity index (χ3v) is 9.14. The Balaban J connectivity index is 1.32. The van der Waals surface area contributed by atoms with Gasteiger partial charge in [0.2, 0.25) is 15.9 Å². The minimum Gasteiger partial charge on any atom is -0.354 e. The minimum absolute atomic E-state index is 0.0569. The van der Waals surface area contributed by atoms with Crippen LogP contribution < -0.4 is 5.32 Å². The lowest BCUT2D eigenvalue weighted by Gasteiger charge is -2.34. The largest absolute Gasteiger partial charge is 0.354 e. The number of carbonyl (C=O) groups excluding carboxylic acids is 1. The lowest BCUT2D eigenvalue weighted by molar-refractivity contribution is -0.126. The van der Waals surface area contributed by atoms with E-state index in [1.54, 1.807) is 0 Å². The highest BCUT2D eigenvalue weighted by Gasteiger charge is 2.33. The monoisotopic (exact) mass is 465 g/mol. The van der Waals surface area contributed by atoms with Crippen molar-refractivity contribution in [1.82, 2.24) is 14.5 Å². The van der Waals surface area contributed by atoms with Gasteiger partial charge in [-0.05, 0) is 67.5 Å². The van der Waals surface area contributed by atoms with Crippen molar-refractivity contribution in [3.8, 4) is 0 Å². The van der Waals surface area contributed by atoms with Crippen molar-refractivity contribution >= 4 is 27.3 Å². The Morgan fingerprint density at radius 2 is 2.03 bits per heavy atom. The molecule has 0 aliphatic carbocycles. The van der Waals surface area contributed by atoms with Crippen LogP contribution in [0.3, 0.4) is 0 Å². The maximum Gasteiger partial charge on any atom is 0.243 e.